The van der Waals surface area contributed by atoms with Crippen LogP contribution in [0.15, 0.2) is 36.4 Å². The minimum absolute atomic E-state index is 0.0385. The van der Waals surface area contributed by atoms with E-state index in [-0.39, 0.29) is 5.78 Å². The molecule has 0 unspecified atom stereocenters. The Balaban J connectivity index is 1.98. The predicted octanol–water partition coefficient (Wildman–Crippen LogP) is 4.20. The summed E-state index contributed by atoms with van der Waals surface area (Å²) in [5.74, 6) is 0.853. The molecule has 0 N–H and O–H groups in total. The summed E-state index contributed by atoms with van der Waals surface area (Å²) in [7, 11) is 0. The molecule has 1 heterocycles. The number of benzene rings is 2. The second kappa shape index (κ2) is 5.29. The van der Waals surface area contributed by atoms with Crippen molar-refractivity contribution in [2.24, 2.45) is 0 Å². The topological polar surface area (TPSA) is 26.3 Å². The van der Waals surface area contributed by atoms with E-state index in [1.54, 1.807) is 6.07 Å². The number of halogens is 1. The minimum atomic E-state index is -0.0385. The van der Waals surface area contributed by atoms with Crippen molar-refractivity contribution in [2.45, 2.75) is 19.8 Å². The highest BCUT2D eigenvalue weighted by Crippen LogP contribution is 2.28. The largest absolute Gasteiger partial charge is 0.493 e. The number of ether oxygens (including phenoxy) is 1. The van der Waals surface area contributed by atoms with E-state index in [9.17, 15) is 4.79 Å². The van der Waals surface area contributed by atoms with Crippen molar-refractivity contribution in [3.8, 4) is 5.75 Å². The number of fused-ring (bicyclic) bond motifs is 1. The van der Waals surface area contributed by atoms with E-state index in [2.05, 4.69) is 0 Å². The van der Waals surface area contributed by atoms with E-state index >= 15 is 0 Å². The smallest absolute Gasteiger partial charge is 0.194 e. The maximum absolute atomic E-state index is 12.5. The minimum Gasteiger partial charge on any atom is -0.493 e. The first-order valence-corrected chi connectivity index (χ1v) is 7.09. The van der Waals surface area contributed by atoms with Gasteiger partial charge in [0.05, 0.1) is 11.6 Å². The molecule has 0 atom stereocenters. The van der Waals surface area contributed by atoms with Gasteiger partial charge in [0.15, 0.2) is 5.78 Å². The summed E-state index contributed by atoms with van der Waals surface area (Å²) >= 11 is 6.17. The van der Waals surface area contributed by atoms with Crippen LogP contribution in [-0.2, 0) is 6.42 Å². The lowest BCUT2D eigenvalue weighted by atomic mass is 9.97. The Morgan fingerprint density at radius 2 is 2.05 bits per heavy atom. The Bertz CT molecular complexity index is 677. The summed E-state index contributed by atoms with van der Waals surface area (Å²) in [4.78, 5) is 12.5. The first-order chi connectivity index (χ1) is 9.65. The summed E-state index contributed by atoms with van der Waals surface area (Å²) in [6.07, 6.45) is 1.95. The van der Waals surface area contributed by atoms with Crippen LogP contribution in [0.4, 0.5) is 0 Å². The number of carbonyl (C=O) groups excluding carboxylic acids is 1. The van der Waals surface area contributed by atoms with Gasteiger partial charge in [0.25, 0.3) is 0 Å². The third-order valence-electron chi connectivity index (χ3n) is 3.54. The maximum atomic E-state index is 12.5. The fourth-order valence-electron chi connectivity index (χ4n) is 2.46. The number of hydrogen-bond donors (Lipinski definition) is 0. The van der Waals surface area contributed by atoms with E-state index in [4.69, 9.17) is 16.3 Å². The molecule has 1 aliphatic rings. The van der Waals surface area contributed by atoms with Crippen molar-refractivity contribution in [1.29, 1.82) is 0 Å². The lowest BCUT2D eigenvalue weighted by molar-refractivity contribution is 0.103. The van der Waals surface area contributed by atoms with Gasteiger partial charge in [0.1, 0.15) is 5.75 Å². The Morgan fingerprint density at radius 3 is 2.85 bits per heavy atom. The number of hydrogen-bond acceptors (Lipinski definition) is 2. The molecule has 102 valence electrons. The van der Waals surface area contributed by atoms with Crippen molar-refractivity contribution >= 4 is 17.4 Å². The number of rotatable bonds is 2. The molecule has 0 radical (unpaired) electrons. The van der Waals surface area contributed by atoms with E-state index in [0.717, 1.165) is 36.3 Å². The predicted molar refractivity (Wildman–Crippen MR) is 79.9 cm³/mol. The number of ketones is 1. The Morgan fingerprint density at radius 1 is 1.20 bits per heavy atom. The molecule has 20 heavy (non-hydrogen) atoms. The molecule has 0 aromatic heterocycles. The lowest BCUT2D eigenvalue weighted by Gasteiger charge is -2.17. The van der Waals surface area contributed by atoms with Gasteiger partial charge in [0.2, 0.25) is 0 Å². The van der Waals surface area contributed by atoms with E-state index in [1.807, 2.05) is 37.3 Å². The zero-order valence-corrected chi connectivity index (χ0v) is 12.0. The summed E-state index contributed by atoms with van der Waals surface area (Å²) < 4.78 is 5.57. The fourth-order valence-corrected chi connectivity index (χ4v) is 2.78. The Hall–Kier alpha value is -1.80. The molecule has 0 bridgehead atoms. The fraction of sp³-hybridized carbons (Fsp3) is 0.235. The van der Waals surface area contributed by atoms with Crippen molar-refractivity contribution in [2.75, 3.05) is 6.61 Å². The molecular weight excluding hydrogens is 272 g/mol. The Labute approximate surface area is 123 Å². The van der Waals surface area contributed by atoms with Crippen LogP contribution in [0.3, 0.4) is 0 Å². The standard InChI is InChI=1S/C17H15ClO2/c1-11-4-6-14(15(18)9-11)17(19)13-5-7-16-12(10-13)3-2-8-20-16/h4-7,9-10H,2-3,8H2,1H3. The average molecular weight is 287 g/mol. The second-order valence-electron chi connectivity index (χ2n) is 5.09. The van der Waals surface area contributed by atoms with Crippen molar-refractivity contribution in [3.05, 3.63) is 63.7 Å². The van der Waals surface area contributed by atoms with Gasteiger partial charge in [-0.05, 0) is 61.2 Å². The SMILES string of the molecule is Cc1ccc(C(=O)c2ccc3c(c2)CCCO3)c(Cl)c1. The zero-order chi connectivity index (χ0) is 14.1. The number of carbonyl (C=O) groups is 1. The van der Waals surface area contributed by atoms with Gasteiger partial charge in [-0.2, -0.15) is 0 Å². The summed E-state index contributed by atoms with van der Waals surface area (Å²) in [6, 6.07) is 11.1. The molecule has 2 aromatic rings. The molecule has 3 rings (SSSR count). The van der Waals surface area contributed by atoms with Gasteiger partial charge in [-0.15, -0.1) is 0 Å². The monoisotopic (exact) mass is 286 g/mol. The van der Waals surface area contributed by atoms with Gasteiger partial charge < -0.3 is 4.74 Å². The molecule has 2 nitrogen and oxygen atoms in total. The summed E-state index contributed by atoms with van der Waals surface area (Å²) in [6.45, 7) is 2.71. The molecule has 0 aliphatic carbocycles. The van der Waals surface area contributed by atoms with Crippen LogP contribution in [0.25, 0.3) is 0 Å². The Kier molecular flexibility index (Phi) is 3.49. The molecule has 0 amide bonds. The molecule has 3 heteroatoms. The van der Waals surface area contributed by atoms with Crippen LogP contribution in [0.2, 0.25) is 5.02 Å². The van der Waals surface area contributed by atoms with Crippen LogP contribution >= 0.6 is 11.6 Å². The van der Waals surface area contributed by atoms with Crippen LogP contribution < -0.4 is 4.74 Å². The zero-order valence-electron chi connectivity index (χ0n) is 11.3. The highest BCUT2D eigenvalue weighted by Gasteiger charge is 2.16. The first-order valence-electron chi connectivity index (χ1n) is 6.72. The second-order valence-corrected chi connectivity index (χ2v) is 5.49. The maximum Gasteiger partial charge on any atom is 0.194 e. The molecule has 1 aliphatic heterocycles. The lowest BCUT2D eigenvalue weighted by Crippen LogP contribution is -2.10. The summed E-state index contributed by atoms with van der Waals surface area (Å²) in [5.41, 5.74) is 3.37. The van der Waals surface area contributed by atoms with Crippen LogP contribution in [0.5, 0.6) is 5.75 Å². The highest BCUT2D eigenvalue weighted by atomic mass is 35.5. The first kappa shape index (κ1) is 13.2. The molecule has 0 saturated carbocycles. The molecule has 0 saturated heterocycles. The van der Waals surface area contributed by atoms with Gasteiger partial charge in [-0.3, -0.25) is 4.79 Å². The van der Waals surface area contributed by atoms with Crippen molar-refractivity contribution in [1.82, 2.24) is 0 Å². The average Bonchev–Trinajstić information content (AvgIpc) is 2.46. The molecule has 2 aromatic carbocycles. The normalized spacial score (nSPS) is 13.5. The molecule has 0 fully saturated rings. The van der Waals surface area contributed by atoms with Crippen LogP contribution in [-0.4, -0.2) is 12.4 Å². The van der Waals surface area contributed by atoms with Crippen LogP contribution in [0.1, 0.15) is 33.5 Å². The summed E-state index contributed by atoms with van der Waals surface area (Å²) in [5, 5.41) is 0.504. The van der Waals surface area contributed by atoms with Crippen molar-refractivity contribution < 1.29 is 9.53 Å². The molecular formula is C17H15ClO2. The van der Waals surface area contributed by atoms with Gasteiger partial charge in [-0.1, -0.05) is 17.7 Å². The molecule has 0 spiro atoms. The highest BCUT2D eigenvalue weighted by molar-refractivity contribution is 6.35. The van der Waals surface area contributed by atoms with Gasteiger partial charge in [-0.25, -0.2) is 0 Å². The van der Waals surface area contributed by atoms with E-state index in [0.29, 0.717) is 16.1 Å². The van der Waals surface area contributed by atoms with Gasteiger partial charge >= 0.3 is 0 Å². The van der Waals surface area contributed by atoms with Crippen molar-refractivity contribution in [3.63, 3.8) is 0 Å². The van der Waals surface area contributed by atoms with E-state index < -0.39 is 0 Å². The van der Waals surface area contributed by atoms with Crippen LogP contribution in [0, 0.1) is 6.92 Å². The third kappa shape index (κ3) is 2.44. The number of aryl methyl sites for hydroxylation is 2. The van der Waals surface area contributed by atoms with E-state index in [1.165, 1.54) is 0 Å². The quantitative estimate of drug-likeness (QED) is 0.773. The van der Waals surface area contributed by atoms with Gasteiger partial charge in [0, 0.05) is 11.1 Å². The third-order valence-corrected chi connectivity index (χ3v) is 3.85.